The molecule has 2 aromatic heterocycles. The maximum absolute atomic E-state index is 13.2. The van der Waals surface area contributed by atoms with E-state index in [1.165, 1.54) is 30.2 Å². The highest BCUT2D eigenvalue weighted by atomic mass is 32.2. The third-order valence-electron chi connectivity index (χ3n) is 6.16. The molecule has 162 valence electrons. The van der Waals surface area contributed by atoms with Gasteiger partial charge >= 0.3 is 0 Å². The molecule has 2 aliphatic rings. The van der Waals surface area contributed by atoms with E-state index < -0.39 is 0 Å². The summed E-state index contributed by atoms with van der Waals surface area (Å²) >= 11 is 1.49. The van der Waals surface area contributed by atoms with Crippen LogP contribution in [0.5, 0.6) is 0 Å². The molecule has 6 nitrogen and oxygen atoms in total. The van der Waals surface area contributed by atoms with Crippen molar-refractivity contribution in [2.75, 3.05) is 5.75 Å². The number of thioether (sulfide) groups is 1. The zero-order valence-corrected chi connectivity index (χ0v) is 18.7. The van der Waals surface area contributed by atoms with Gasteiger partial charge in [0.25, 0.3) is 0 Å². The van der Waals surface area contributed by atoms with Gasteiger partial charge in [0.2, 0.25) is 5.91 Å². The normalized spacial score (nSPS) is 16.7. The van der Waals surface area contributed by atoms with Gasteiger partial charge in [0.05, 0.1) is 18.6 Å². The highest BCUT2D eigenvalue weighted by Crippen LogP contribution is 2.35. The minimum absolute atomic E-state index is 0.240. The predicted octanol–water partition coefficient (Wildman–Crippen LogP) is 4.92. The monoisotopic (exact) mass is 436 g/mol. The summed E-state index contributed by atoms with van der Waals surface area (Å²) in [5, 5.41) is 9.69. The van der Waals surface area contributed by atoms with Crippen molar-refractivity contribution in [1.82, 2.24) is 19.7 Å². The van der Waals surface area contributed by atoms with Crippen molar-refractivity contribution in [3.8, 4) is 11.4 Å². The Morgan fingerprint density at radius 2 is 1.94 bits per heavy atom. The first-order valence-electron chi connectivity index (χ1n) is 11.2. The van der Waals surface area contributed by atoms with E-state index in [4.69, 9.17) is 4.42 Å². The van der Waals surface area contributed by atoms with Crippen LogP contribution in [-0.2, 0) is 11.3 Å². The molecule has 1 amide bonds. The van der Waals surface area contributed by atoms with Crippen molar-refractivity contribution >= 4 is 17.7 Å². The SMILES string of the molecule is Cc1cccc(-c2nnc(SCC(=O)N(C3CCCC3)C3CC3)n2Cc2ccco2)c1. The van der Waals surface area contributed by atoms with E-state index in [1.54, 1.807) is 6.26 Å². The van der Waals surface area contributed by atoms with E-state index in [0.29, 0.717) is 24.4 Å². The quantitative estimate of drug-likeness (QED) is 0.469. The summed E-state index contributed by atoms with van der Waals surface area (Å²) in [6, 6.07) is 13.0. The second-order valence-electron chi connectivity index (χ2n) is 8.60. The number of furan rings is 1. The van der Waals surface area contributed by atoms with Gasteiger partial charge in [-0.15, -0.1) is 10.2 Å². The summed E-state index contributed by atoms with van der Waals surface area (Å²) < 4.78 is 7.64. The van der Waals surface area contributed by atoms with E-state index in [2.05, 4.69) is 38.7 Å². The van der Waals surface area contributed by atoms with Gasteiger partial charge in [-0.25, -0.2) is 0 Å². The summed E-state index contributed by atoms with van der Waals surface area (Å²) in [5.41, 5.74) is 2.19. The number of carbonyl (C=O) groups excluding carboxylic acids is 1. The average Bonchev–Trinajstić information content (AvgIpc) is 3.15. The van der Waals surface area contributed by atoms with Crippen LogP contribution in [0.1, 0.15) is 49.8 Å². The maximum atomic E-state index is 13.2. The van der Waals surface area contributed by atoms with Gasteiger partial charge < -0.3 is 9.32 Å². The first-order chi connectivity index (χ1) is 15.2. The van der Waals surface area contributed by atoms with Gasteiger partial charge in [0.1, 0.15) is 5.76 Å². The largest absolute Gasteiger partial charge is 0.467 e. The Hall–Kier alpha value is -2.54. The van der Waals surface area contributed by atoms with Crippen LogP contribution >= 0.6 is 11.8 Å². The highest BCUT2D eigenvalue weighted by Gasteiger charge is 2.38. The lowest BCUT2D eigenvalue weighted by molar-refractivity contribution is -0.131. The number of nitrogens with zero attached hydrogens (tertiary/aromatic N) is 4. The molecule has 2 fully saturated rings. The average molecular weight is 437 g/mol. The van der Waals surface area contributed by atoms with Crippen LogP contribution in [-0.4, -0.2) is 43.4 Å². The predicted molar refractivity (Wildman–Crippen MR) is 121 cm³/mol. The Kier molecular flexibility index (Phi) is 5.85. The molecule has 1 aromatic carbocycles. The molecule has 2 saturated carbocycles. The molecule has 0 N–H and O–H groups in total. The molecule has 0 aliphatic heterocycles. The van der Waals surface area contributed by atoms with Gasteiger partial charge in [-0.1, -0.05) is 48.4 Å². The molecule has 0 atom stereocenters. The Balaban J connectivity index is 1.37. The van der Waals surface area contributed by atoms with Crippen LogP contribution in [0.3, 0.4) is 0 Å². The van der Waals surface area contributed by atoms with Crippen LogP contribution in [0.4, 0.5) is 0 Å². The van der Waals surface area contributed by atoms with Crippen LogP contribution in [0.25, 0.3) is 11.4 Å². The molecule has 0 spiro atoms. The smallest absolute Gasteiger partial charge is 0.233 e. The van der Waals surface area contributed by atoms with Gasteiger partial charge in [0.15, 0.2) is 11.0 Å². The summed E-state index contributed by atoms with van der Waals surface area (Å²) in [4.78, 5) is 15.4. The molecule has 2 heterocycles. The van der Waals surface area contributed by atoms with Crippen molar-refractivity contribution in [2.24, 2.45) is 0 Å². The number of hydrogen-bond donors (Lipinski definition) is 0. The highest BCUT2D eigenvalue weighted by molar-refractivity contribution is 7.99. The van der Waals surface area contributed by atoms with Crippen molar-refractivity contribution in [3.63, 3.8) is 0 Å². The molecule has 31 heavy (non-hydrogen) atoms. The Bertz CT molecular complexity index is 1040. The summed E-state index contributed by atoms with van der Waals surface area (Å²) in [5.74, 6) is 2.28. The number of amides is 1. The molecule has 7 heteroatoms. The number of hydrogen-bond acceptors (Lipinski definition) is 5. The Labute approximate surface area is 187 Å². The number of benzene rings is 1. The summed E-state index contributed by atoms with van der Waals surface area (Å²) in [7, 11) is 0. The fraction of sp³-hybridized carbons (Fsp3) is 0.458. The van der Waals surface area contributed by atoms with Gasteiger partial charge in [0, 0.05) is 17.6 Å². The fourth-order valence-corrected chi connectivity index (χ4v) is 5.34. The van der Waals surface area contributed by atoms with Crippen LogP contribution in [0.2, 0.25) is 0 Å². The van der Waals surface area contributed by atoms with Gasteiger partial charge in [-0.2, -0.15) is 0 Å². The van der Waals surface area contributed by atoms with E-state index in [9.17, 15) is 4.79 Å². The zero-order chi connectivity index (χ0) is 21.2. The molecule has 3 aromatic rings. The van der Waals surface area contributed by atoms with E-state index in [0.717, 1.165) is 48.0 Å². The maximum Gasteiger partial charge on any atom is 0.233 e. The minimum Gasteiger partial charge on any atom is -0.467 e. The Morgan fingerprint density at radius 3 is 2.65 bits per heavy atom. The molecule has 0 radical (unpaired) electrons. The zero-order valence-electron chi connectivity index (χ0n) is 17.9. The molecular weight excluding hydrogens is 408 g/mol. The number of carbonyl (C=O) groups is 1. The molecule has 0 bridgehead atoms. The molecule has 0 saturated heterocycles. The van der Waals surface area contributed by atoms with E-state index in [1.807, 2.05) is 24.3 Å². The first kappa shape index (κ1) is 20.4. The fourth-order valence-electron chi connectivity index (χ4n) is 4.54. The molecule has 5 rings (SSSR count). The number of rotatable bonds is 8. The lowest BCUT2D eigenvalue weighted by Crippen LogP contribution is -2.41. The molecular formula is C24H28N4O2S. The van der Waals surface area contributed by atoms with Crippen LogP contribution in [0.15, 0.2) is 52.2 Å². The second-order valence-corrected chi connectivity index (χ2v) is 9.54. The Morgan fingerprint density at radius 1 is 1.13 bits per heavy atom. The lowest BCUT2D eigenvalue weighted by Gasteiger charge is -2.29. The number of aryl methyl sites for hydroxylation is 1. The van der Waals surface area contributed by atoms with Crippen molar-refractivity contribution in [2.45, 2.75) is 69.2 Å². The van der Waals surface area contributed by atoms with Crippen LogP contribution < -0.4 is 0 Å². The molecule has 2 aliphatic carbocycles. The van der Waals surface area contributed by atoms with Crippen LogP contribution in [0, 0.1) is 6.92 Å². The van der Waals surface area contributed by atoms with E-state index >= 15 is 0 Å². The molecule has 0 unspecified atom stereocenters. The third kappa shape index (κ3) is 4.56. The van der Waals surface area contributed by atoms with Gasteiger partial charge in [-0.3, -0.25) is 9.36 Å². The number of aromatic nitrogens is 3. The van der Waals surface area contributed by atoms with Gasteiger partial charge in [-0.05, 0) is 50.8 Å². The summed E-state index contributed by atoms with van der Waals surface area (Å²) in [6.45, 7) is 2.61. The minimum atomic E-state index is 0.240. The van der Waals surface area contributed by atoms with Crippen molar-refractivity contribution in [3.05, 3.63) is 54.0 Å². The van der Waals surface area contributed by atoms with Crippen molar-refractivity contribution in [1.29, 1.82) is 0 Å². The summed E-state index contributed by atoms with van der Waals surface area (Å²) in [6.07, 6.45) is 8.77. The van der Waals surface area contributed by atoms with Crippen molar-refractivity contribution < 1.29 is 9.21 Å². The van der Waals surface area contributed by atoms with E-state index in [-0.39, 0.29) is 5.91 Å². The first-order valence-corrected chi connectivity index (χ1v) is 12.1. The second kappa shape index (κ2) is 8.91. The standard InChI is InChI=1S/C24H28N4O2S/c1-17-6-4-7-18(14-17)23-25-26-24(27(23)15-21-10-5-13-30-21)31-16-22(29)28(20-11-12-20)19-8-2-3-9-19/h4-7,10,13-14,19-20H,2-3,8-9,11-12,15-16H2,1H3. The third-order valence-corrected chi connectivity index (χ3v) is 7.11. The lowest BCUT2D eigenvalue weighted by atomic mass is 10.1. The topological polar surface area (TPSA) is 64.2 Å².